The molecule has 0 unspecified atom stereocenters. The molecule has 0 amide bonds. The number of nitroso groups, excluding NO2 is 1. The molecular weight excluding hydrogens is 406 g/mol. The monoisotopic (exact) mass is 425 g/mol. The van der Waals surface area contributed by atoms with Gasteiger partial charge >= 0.3 is 0 Å². The minimum absolute atomic E-state index is 0.252. The van der Waals surface area contributed by atoms with Crippen molar-refractivity contribution in [3.05, 3.63) is 114 Å². The van der Waals surface area contributed by atoms with Crippen molar-refractivity contribution in [2.45, 2.75) is 0 Å². The summed E-state index contributed by atoms with van der Waals surface area (Å²) >= 11 is 0. The number of nitrogens with zero attached hydrogens (tertiary/aromatic N) is 1. The Morgan fingerprint density at radius 2 is 0.970 bits per heavy atom. The number of hydrogen-bond acceptors (Lipinski definition) is 3. The maximum atomic E-state index is 11.1. The summed E-state index contributed by atoms with van der Waals surface area (Å²) in [5.74, 6) is 0.252. The number of phenolic OH excluding ortho intramolecular Hbond substituents is 1. The fourth-order valence-electron chi connectivity index (χ4n) is 4.74. The number of phenols is 1. The SMILES string of the molecule is O=Nc1cccc(-c2ccc3c4ccccc4c4ccc(-c5cccc(O)c5)cc4c3c2)c1. The second-order valence-corrected chi connectivity index (χ2v) is 8.26. The highest BCUT2D eigenvalue weighted by Gasteiger charge is 2.11. The van der Waals surface area contributed by atoms with Gasteiger partial charge in [0, 0.05) is 0 Å². The quantitative estimate of drug-likeness (QED) is 0.228. The van der Waals surface area contributed by atoms with Gasteiger partial charge in [-0.25, -0.2) is 0 Å². The van der Waals surface area contributed by atoms with Crippen LogP contribution in [0.1, 0.15) is 0 Å². The van der Waals surface area contributed by atoms with Crippen molar-refractivity contribution in [1.29, 1.82) is 0 Å². The van der Waals surface area contributed by atoms with Crippen molar-refractivity contribution in [3.63, 3.8) is 0 Å². The summed E-state index contributed by atoms with van der Waals surface area (Å²) in [6.45, 7) is 0. The highest BCUT2D eigenvalue weighted by atomic mass is 16.3. The van der Waals surface area contributed by atoms with E-state index in [1.807, 2.05) is 30.3 Å². The van der Waals surface area contributed by atoms with Gasteiger partial charge in [-0.3, -0.25) is 0 Å². The maximum Gasteiger partial charge on any atom is 0.116 e. The van der Waals surface area contributed by atoms with Gasteiger partial charge in [0.15, 0.2) is 0 Å². The van der Waals surface area contributed by atoms with Gasteiger partial charge in [0.1, 0.15) is 11.4 Å². The largest absolute Gasteiger partial charge is 0.508 e. The van der Waals surface area contributed by atoms with Crippen LogP contribution in [0.4, 0.5) is 5.69 Å². The van der Waals surface area contributed by atoms with Gasteiger partial charge in [-0.05, 0) is 96.1 Å². The van der Waals surface area contributed by atoms with Crippen LogP contribution in [0.5, 0.6) is 5.75 Å². The van der Waals surface area contributed by atoms with Crippen molar-refractivity contribution in [3.8, 4) is 28.0 Å². The normalized spacial score (nSPS) is 11.3. The molecule has 0 radical (unpaired) electrons. The average molecular weight is 425 g/mol. The van der Waals surface area contributed by atoms with E-state index in [1.165, 1.54) is 21.5 Å². The average Bonchev–Trinajstić information content (AvgIpc) is 2.88. The fraction of sp³-hybridized carbons (Fsp3) is 0. The van der Waals surface area contributed by atoms with E-state index in [2.05, 4.69) is 65.8 Å². The first kappa shape index (κ1) is 19.2. The van der Waals surface area contributed by atoms with Crippen LogP contribution >= 0.6 is 0 Å². The summed E-state index contributed by atoms with van der Waals surface area (Å²) in [6.07, 6.45) is 0. The van der Waals surface area contributed by atoms with Crippen LogP contribution in [-0.2, 0) is 0 Å². The Bertz CT molecular complexity index is 1700. The molecule has 0 aliphatic rings. The first-order chi connectivity index (χ1) is 16.2. The van der Waals surface area contributed by atoms with Gasteiger partial charge in [-0.15, -0.1) is 4.91 Å². The molecule has 0 aliphatic heterocycles. The molecular formula is C30H19NO2. The Hall–Kier alpha value is -4.50. The second kappa shape index (κ2) is 7.57. The molecule has 6 rings (SSSR count). The zero-order valence-electron chi connectivity index (χ0n) is 17.7. The van der Waals surface area contributed by atoms with Crippen LogP contribution < -0.4 is 0 Å². The van der Waals surface area contributed by atoms with Gasteiger partial charge in [0.25, 0.3) is 0 Å². The molecule has 0 aromatic heterocycles. The van der Waals surface area contributed by atoms with E-state index in [0.717, 1.165) is 33.0 Å². The molecule has 0 heterocycles. The van der Waals surface area contributed by atoms with Gasteiger partial charge in [-0.1, -0.05) is 72.8 Å². The van der Waals surface area contributed by atoms with E-state index in [9.17, 15) is 10.0 Å². The van der Waals surface area contributed by atoms with Crippen LogP contribution in [0.3, 0.4) is 0 Å². The topological polar surface area (TPSA) is 49.7 Å². The van der Waals surface area contributed by atoms with Crippen molar-refractivity contribution < 1.29 is 5.11 Å². The molecule has 0 atom stereocenters. The lowest BCUT2D eigenvalue weighted by Crippen LogP contribution is -1.86. The molecule has 3 heteroatoms. The highest BCUT2D eigenvalue weighted by molar-refractivity contribution is 6.26. The van der Waals surface area contributed by atoms with E-state index in [1.54, 1.807) is 18.2 Å². The molecule has 3 nitrogen and oxygen atoms in total. The van der Waals surface area contributed by atoms with Crippen molar-refractivity contribution >= 4 is 38.0 Å². The molecule has 0 fully saturated rings. The van der Waals surface area contributed by atoms with Crippen LogP contribution in [0, 0.1) is 4.91 Å². The summed E-state index contributed by atoms with van der Waals surface area (Å²) in [5.41, 5.74) is 4.43. The summed E-state index contributed by atoms with van der Waals surface area (Å²) in [7, 11) is 0. The lowest BCUT2D eigenvalue weighted by atomic mass is 9.90. The van der Waals surface area contributed by atoms with E-state index in [-0.39, 0.29) is 5.75 Å². The predicted molar refractivity (Wildman–Crippen MR) is 137 cm³/mol. The lowest BCUT2D eigenvalue weighted by Gasteiger charge is -2.14. The Balaban J connectivity index is 1.69. The fourth-order valence-corrected chi connectivity index (χ4v) is 4.74. The van der Waals surface area contributed by atoms with E-state index in [4.69, 9.17) is 0 Å². The van der Waals surface area contributed by atoms with Crippen LogP contribution in [0.15, 0.2) is 114 Å². The zero-order chi connectivity index (χ0) is 22.4. The summed E-state index contributed by atoms with van der Waals surface area (Å²) < 4.78 is 0. The Morgan fingerprint density at radius 1 is 0.455 bits per heavy atom. The third-order valence-corrected chi connectivity index (χ3v) is 6.30. The van der Waals surface area contributed by atoms with Crippen LogP contribution in [-0.4, -0.2) is 5.11 Å². The molecule has 0 saturated carbocycles. The van der Waals surface area contributed by atoms with Crippen molar-refractivity contribution in [2.24, 2.45) is 5.18 Å². The smallest absolute Gasteiger partial charge is 0.116 e. The summed E-state index contributed by atoms with van der Waals surface area (Å²) in [4.78, 5) is 11.1. The van der Waals surface area contributed by atoms with E-state index < -0.39 is 0 Å². The Labute approximate surface area is 190 Å². The summed E-state index contributed by atoms with van der Waals surface area (Å²) in [6, 6.07) is 36.1. The van der Waals surface area contributed by atoms with Crippen molar-refractivity contribution in [1.82, 2.24) is 0 Å². The molecule has 0 saturated heterocycles. The highest BCUT2D eigenvalue weighted by Crippen LogP contribution is 2.39. The van der Waals surface area contributed by atoms with Gasteiger partial charge in [0.2, 0.25) is 0 Å². The van der Waals surface area contributed by atoms with Gasteiger partial charge < -0.3 is 5.11 Å². The maximum absolute atomic E-state index is 11.1. The lowest BCUT2D eigenvalue weighted by molar-refractivity contribution is 0.475. The molecule has 6 aromatic carbocycles. The first-order valence-corrected chi connectivity index (χ1v) is 10.8. The van der Waals surface area contributed by atoms with Crippen LogP contribution in [0.2, 0.25) is 0 Å². The third kappa shape index (κ3) is 3.22. The minimum atomic E-state index is 0.252. The molecule has 1 N–H and O–H groups in total. The van der Waals surface area contributed by atoms with Gasteiger partial charge in [-0.2, -0.15) is 0 Å². The van der Waals surface area contributed by atoms with E-state index in [0.29, 0.717) is 5.69 Å². The second-order valence-electron chi connectivity index (χ2n) is 8.26. The molecule has 33 heavy (non-hydrogen) atoms. The molecule has 0 aliphatic carbocycles. The third-order valence-electron chi connectivity index (χ3n) is 6.30. The molecule has 156 valence electrons. The van der Waals surface area contributed by atoms with Crippen molar-refractivity contribution in [2.75, 3.05) is 0 Å². The molecule has 0 spiro atoms. The number of benzene rings is 6. The molecule has 0 bridgehead atoms. The zero-order valence-corrected chi connectivity index (χ0v) is 17.7. The molecule has 6 aromatic rings. The standard InChI is InChI=1S/C30H19NO2/c32-24-8-4-6-20(16-24)22-12-14-28-26-10-2-1-9-25(26)27-13-11-21(17-29(27)30(28)18-22)19-5-3-7-23(15-19)31-33/h1-18,32H. The Kier molecular flexibility index (Phi) is 4.41. The number of fused-ring (bicyclic) bond motifs is 6. The van der Waals surface area contributed by atoms with Gasteiger partial charge in [0.05, 0.1) is 0 Å². The predicted octanol–water partition coefficient (Wildman–Crippen LogP) is 8.58. The first-order valence-electron chi connectivity index (χ1n) is 10.8. The Morgan fingerprint density at radius 3 is 1.55 bits per heavy atom. The minimum Gasteiger partial charge on any atom is -0.508 e. The van der Waals surface area contributed by atoms with E-state index >= 15 is 0 Å². The number of rotatable bonds is 3. The summed E-state index contributed by atoms with van der Waals surface area (Å²) in [5, 5.41) is 20.1. The number of hydrogen-bond donors (Lipinski definition) is 1. The van der Waals surface area contributed by atoms with Crippen LogP contribution in [0.25, 0.3) is 54.6 Å². The number of aromatic hydroxyl groups is 1.